The minimum absolute atomic E-state index is 0.0755. The van der Waals surface area contributed by atoms with E-state index in [0.29, 0.717) is 13.1 Å². The Morgan fingerprint density at radius 2 is 2.15 bits per heavy atom. The van der Waals surface area contributed by atoms with E-state index in [1.807, 2.05) is 36.1 Å². The molecule has 1 aromatic carbocycles. The maximum Gasteiger partial charge on any atom is 0.321 e. The highest BCUT2D eigenvalue weighted by molar-refractivity contribution is 5.89. The van der Waals surface area contributed by atoms with Gasteiger partial charge in [-0.2, -0.15) is 0 Å². The fourth-order valence-electron chi connectivity index (χ4n) is 2.47. The Bertz CT molecular complexity index is 461. The number of hydrogen-bond donors (Lipinski definition) is 2. The molecule has 2 rings (SSSR count). The molecule has 1 fully saturated rings. The standard InChI is InChI=1S/C15H23N3O2/c1-15(20-2)8-3-9-18(11-15)14(19)17-13-6-4-12(10-16)5-7-13/h4-7H,3,8-11,16H2,1-2H3,(H,17,19). The highest BCUT2D eigenvalue weighted by Gasteiger charge is 2.32. The number of hydrogen-bond acceptors (Lipinski definition) is 3. The number of methoxy groups -OCH3 is 1. The number of amides is 2. The summed E-state index contributed by atoms with van der Waals surface area (Å²) in [5.74, 6) is 0. The zero-order valence-corrected chi connectivity index (χ0v) is 12.2. The van der Waals surface area contributed by atoms with E-state index in [1.165, 1.54) is 0 Å². The van der Waals surface area contributed by atoms with Crippen molar-refractivity contribution in [2.45, 2.75) is 31.9 Å². The zero-order chi connectivity index (χ0) is 14.6. The van der Waals surface area contributed by atoms with Gasteiger partial charge in [-0.25, -0.2) is 4.79 Å². The van der Waals surface area contributed by atoms with E-state index < -0.39 is 0 Å². The van der Waals surface area contributed by atoms with Gasteiger partial charge in [0.15, 0.2) is 0 Å². The van der Waals surface area contributed by atoms with Crippen molar-refractivity contribution < 1.29 is 9.53 Å². The molecule has 0 spiro atoms. The predicted octanol–water partition coefficient (Wildman–Crippen LogP) is 2.18. The van der Waals surface area contributed by atoms with Gasteiger partial charge < -0.3 is 20.7 Å². The summed E-state index contributed by atoms with van der Waals surface area (Å²) in [5.41, 5.74) is 7.15. The molecule has 20 heavy (non-hydrogen) atoms. The average molecular weight is 277 g/mol. The van der Waals surface area contributed by atoms with Crippen molar-refractivity contribution in [1.82, 2.24) is 4.90 Å². The molecule has 1 atom stereocenters. The van der Waals surface area contributed by atoms with E-state index in [1.54, 1.807) is 7.11 Å². The summed E-state index contributed by atoms with van der Waals surface area (Å²) in [6, 6.07) is 7.52. The smallest absolute Gasteiger partial charge is 0.321 e. The maximum absolute atomic E-state index is 12.3. The van der Waals surface area contributed by atoms with Crippen LogP contribution in [0.5, 0.6) is 0 Å². The van der Waals surface area contributed by atoms with Crippen molar-refractivity contribution in [1.29, 1.82) is 0 Å². The second-order valence-corrected chi connectivity index (χ2v) is 5.51. The number of rotatable bonds is 3. The summed E-state index contributed by atoms with van der Waals surface area (Å²) >= 11 is 0. The maximum atomic E-state index is 12.3. The third-order valence-electron chi connectivity index (χ3n) is 3.88. The molecule has 110 valence electrons. The average Bonchev–Trinajstić information content (AvgIpc) is 2.48. The van der Waals surface area contributed by atoms with Gasteiger partial charge in [-0.3, -0.25) is 0 Å². The molecular formula is C15H23N3O2. The first kappa shape index (κ1) is 14.8. The summed E-state index contributed by atoms with van der Waals surface area (Å²) in [7, 11) is 1.70. The first-order valence-corrected chi connectivity index (χ1v) is 6.96. The monoisotopic (exact) mass is 277 g/mol. The van der Waals surface area contributed by atoms with E-state index in [-0.39, 0.29) is 11.6 Å². The molecule has 1 saturated heterocycles. The predicted molar refractivity (Wildman–Crippen MR) is 79.6 cm³/mol. The number of nitrogens with two attached hydrogens (primary N) is 1. The molecule has 0 aromatic heterocycles. The van der Waals surface area contributed by atoms with E-state index in [9.17, 15) is 4.79 Å². The first-order valence-electron chi connectivity index (χ1n) is 6.96. The first-order chi connectivity index (χ1) is 9.56. The molecular weight excluding hydrogens is 254 g/mol. The number of carbonyl (C=O) groups is 1. The molecule has 1 unspecified atom stereocenters. The highest BCUT2D eigenvalue weighted by atomic mass is 16.5. The van der Waals surface area contributed by atoms with Crippen molar-refractivity contribution in [3.05, 3.63) is 29.8 Å². The molecule has 5 nitrogen and oxygen atoms in total. The van der Waals surface area contributed by atoms with Gasteiger partial charge in [0.25, 0.3) is 0 Å². The Morgan fingerprint density at radius 3 is 2.75 bits per heavy atom. The van der Waals surface area contributed by atoms with Crippen LogP contribution in [0.3, 0.4) is 0 Å². The van der Waals surface area contributed by atoms with Gasteiger partial charge in [-0.15, -0.1) is 0 Å². The molecule has 0 bridgehead atoms. The number of nitrogens with zero attached hydrogens (tertiary/aromatic N) is 1. The van der Waals surface area contributed by atoms with E-state index in [0.717, 1.165) is 30.6 Å². The summed E-state index contributed by atoms with van der Waals surface area (Å²) in [5, 5.41) is 2.92. The lowest BCUT2D eigenvalue weighted by molar-refractivity contribution is -0.0389. The molecule has 0 saturated carbocycles. The van der Waals surface area contributed by atoms with Crippen LogP contribution in [0.15, 0.2) is 24.3 Å². The van der Waals surface area contributed by atoms with Crippen molar-refractivity contribution in [3.63, 3.8) is 0 Å². The fraction of sp³-hybridized carbons (Fsp3) is 0.533. The topological polar surface area (TPSA) is 67.6 Å². The van der Waals surface area contributed by atoms with Gasteiger partial charge in [0, 0.05) is 25.9 Å². The van der Waals surface area contributed by atoms with Crippen molar-refractivity contribution in [3.8, 4) is 0 Å². The van der Waals surface area contributed by atoms with Crippen molar-refractivity contribution >= 4 is 11.7 Å². The summed E-state index contributed by atoms with van der Waals surface area (Å²) < 4.78 is 5.50. The van der Waals surface area contributed by atoms with Crippen LogP contribution < -0.4 is 11.1 Å². The second kappa shape index (κ2) is 6.24. The molecule has 1 aromatic rings. The summed E-state index contributed by atoms with van der Waals surface area (Å²) in [6.45, 7) is 3.94. The number of urea groups is 1. The minimum atomic E-state index is -0.237. The van der Waals surface area contributed by atoms with Gasteiger partial charge in [-0.05, 0) is 37.5 Å². The van der Waals surface area contributed by atoms with Crippen molar-refractivity contribution in [2.24, 2.45) is 5.73 Å². The summed E-state index contributed by atoms with van der Waals surface area (Å²) in [4.78, 5) is 14.1. The molecule has 0 radical (unpaired) electrons. The minimum Gasteiger partial charge on any atom is -0.377 e. The Balaban J connectivity index is 1.97. The third-order valence-corrected chi connectivity index (χ3v) is 3.88. The van der Waals surface area contributed by atoms with Crippen LogP contribution in [0.1, 0.15) is 25.3 Å². The van der Waals surface area contributed by atoms with Crippen LogP contribution in [-0.4, -0.2) is 36.7 Å². The van der Waals surface area contributed by atoms with Crippen LogP contribution in [0.4, 0.5) is 10.5 Å². The van der Waals surface area contributed by atoms with E-state index in [2.05, 4.69) is 5.32 Å². The molecule has 1 aliphatic rings. The van der Waals surface area contributed by atoms with E-state index >= 15 is 0 Å². The van der Waals surface area contributed by atoms with Crippen LogP contribution in [0, 0.1) is 0 Å². The number of benzene rings is 1. The van der Waals surface area contributed by atoms with Crippen LogP contribution in [-0.2, 0) is 11.3 Å². The summed E-state index contributed by atoms with van der Waals surface area (Å²) in [6.07, 6.45) is 1.95. The SMILES string of the molecule is COC1(C)CCCN(C(=O)Nc2ccc(CN)cc2)C1. The third kappa shape index (κ3) is 3.49. The van der Waals surface area contributed by atoms with Gasteiger partial charge in [0.1, 0.15) is 0 Å². The molecule has 1 aliphatic heterocycles. The number of piperidine rings is 1. The van der Waals surface area contributed by atoms with E-state index in [4.69, 9.17) is 10.5 Å². The zero-order valence-electron chi connectivity index (χ0n) is 12.2. The molecule has 2 amide bonds. The van der Waals surface area contributed by atoms with Gasteiger partial charge in [-0.1, -0.05) is 12.1 Å². The number of carbonyl (C=O) groups excluding carboxylic acids is 1. The highest BCUT2D eigenvalue weighted by Crippen LogP contribution is 2.24. The van der Waals surface area contributed by atoms with Crippen LogP contribution in [0.2, 0.25) is 0 Å². The molecule has 5 heteroatoms. The number of likely N-dealkylation sites (tertiary alicyclic amines) is 1. The number of nitrogens with one attached hydrogen (secondary N) is 1. The van der Waals surface area contributed by atoms with Crippen molar-refractivity contribution in [2.75, 3.05) is 25.5 Å². The molecule has 0 aliphatic carbocycles. The second-order valence-electron chi connectivity index (χ2n) is 5.51. The molecule has 3 N–H and O–H groups in total. The lowest BCUT2D eigenvalue weighted by Gasteiger charge is -2.39. The van der Waals surface area contributed by atoms with Gasteiger partial charge in [0.2, 0.25) is 0 Å². The van der Waals surface area contributed by atoms with Crippen LogP contribution in [0.25, 0.3) is 0 Å². The fourth-order valence-corrected chi connectivity index (χ4v) is 2.47. The normalized spacial score (nSPS) is 22.6. The Labute approximate surface area is 120 Å². The lowest BCUT2D eigenvalue weighted by atomic mass is 9.95. The Kier molecular flexibility index (Phi) is 4.62. The number of ether oxygens (including phenoxy) is 1. The van der Waals surface area contributed by atoms with Gasteiger partial charge in [0.05, 0.1) is 12.1 Å². The lowest BCUT2D eigenvalue weighted by Crippen LogP contribution is -2.50. The van der Waals surface area contributed by atoms with Crippen LogP contribution >= 0.6 is 0 Å². The molecule has 1 heterocycles. The van der Waals surface area contributed by atoms with Gasteiger partial charge >= 0.3 is 6.03 Å². The Morgan fingerprint density at radius 1 is 1.45 bits per heavy atom. The Hall–Kier alpha value is -1.59. The largest absolute Gasteiger partial charge is 0.377 e. The quantitative estimate of drug-likeness (QED) is 0.890. The number of anilines is 1.